The molecule has 102 valence electrons. The van der Waals surface area contributed by atoms with E-state index >= 15 is 0 Å². The van der Waals surface area contributed by atoms with Gasteiger partial charge in [-0.15, -0.1) is 0 Å². The summed E-state index contributed by atoms with van der Waals surface area (Å²) in [5.41, 5.74) is 5.31. The number of hydrogen-bond acceptors (Lipinski definition) is 5. The molecule has 0 saturated heterocycles. The summed E-state index contributed by atoms with van der Waals surface area (Å²) < 4.78 is 36.5. The SMILES string of the molecule is COc1cc(OC)cc(S(=O)(=O)NCCCN)c1. The first-order valence-corrected chi connectivity index (χ1v) is 6.94. The average Bonchev–Trinajstić information content (AvgIpc) is 2.38. The van der Waals surface area contributed by atoms with Gasteiger partial charge in [-0.2, -0.15) is 0 Å². The van der Waals surface area contributed by atoms with Crippen molar-refractivity contribution in [1.82, 2.24) is 4.72 Å². The van der Waals surface area contributed by atoms with E-state index in [9.17, 15) is 8.42 Å². The lowest BCUT2D eigenvalue weighted by Gasteiger charge is -2.10. The second-order valence-electron chi connectivity index (χ2n) is 3.59. The Kier molecular flexibility index (Phi) is 5.39. The van der Waals surface area contributed by atoms with Crippen LogP contribution in [0.1, 0.15) is 6.42 Å². The smallest absolute Gasteiger partial charge is 0.240 e. The number of ether oxygens (including phenoxy) is 2. The molecule has 0 unspecified atom stereocenters. The molecule has 0 fully saturated rings. The van der Waals surface area contributed by atoms with Gasteiger partial charge in [0.05, 0.1) is 19.1 Å². The fraction of sp³-hybridized carbons (Fsp3) is 0.455. The van der Waals surface area contributed by atoms with Gasteiger partial charge in [0.25, 0.3) is 0 Å². The summed E-state index contributed by atoms with van der Waals surface area (Å²) in [4.78, 5) is 0.107. The fourth-order valence-electron chi connectivity index (χ4n) is 1.33. The van der Waals surface area contributed by atoms with Crippen LogP contribution in [0, 0.1) is 0 Å². The maximum absolute atomic E-state index is 12.0. The third kappa shape index (κ3) is 3.86. The fourth-order valence-corrected chi connectivity index (χ4v) is 2.45. The van der Waals surface area contributed by atoms with E-state index in [0.717, 1.165) is 0 Å². The molecule has 1 aromatic carbocycles. The lowest BCUT2D eigenvalue weighted by atomic mass is 10.3. The molecule has 0 aliphatic heterocycles. The molecule has 0 heterocycles. The maximum atomic E-state index is 12.0. The predicted molar refractivity (Wildman–Crippen MR) is 68.4 cm³/mol. The number of benzene rings is 1. The summed E-state index contributed by atoms with van der Waals surface area (Å²) in [7, 11) is -0.633. The van der Waals surface area contributed by atoms with Crippen LogP contribution in [-0.4, -0.2) is 35.7 Å². The number of sulfonamides is 1. The van der Waals surface area contributed by atoms with Gasteiger partial charge < -0.3 is 15.2 Å². The van der Waals surface area contributed by atoms with E-state index in [1.807, 2.05) is 0 Å². The van der Waals surface area contributed by atoms with E-state index in [1.54, 1.807) is 6.07 Å². The second-order valence-corrected chi connectivity index (χ2v) is 5.36. The molecule has 0 bridgehead atoms. The van der Waals surface area contributed by atoms with Crippen molar-refractivity contribution in [2.24, 2.45) is 5.73 Å². The first-order chi connectivity index (χ1) is 8.53. The minimum absolute atomic E-state index is 0.107. The molecular formula is C11H18N2O4S. The highest BCUT2D eigenvalue weighted by Crippen LogP contribution is 2.25. The van der Waals surface area contributed by atoms with Crippen molar-refractivity contribution in [3.63, 3.8) is 0 Å². The molecule has 18 heavy (non-hydrogen) atoms. The molecule has 6 nitrogen and oxygen atoms in total. The molecule has 0 aliphatic rings. The van der Waals surface area contributed by atoms with Crippen LogP contribution in [0.2, 0.25) is 0 Å². The molecule has 1 aromatic rings. The van der Waals surface area contributed by atoms with Crippen LogP contribution in [0.3, 0.4) is 0 Å². The van der Waals surface area contributed by atoms with Gasteiger partial charge in [0.1, 0.15) is 11.5 Å². The van der Waals surface area contributed by atoms with Crippen LogP contribution in [0.25, 0.3) is 0 Å². The van der Waals surface area contributed by atoms with Crippen LogP contribution >= 0.6 is 0 Å². The summed E-state index contributed by atoms with van der Waals surface area (Å²) in [6.45, 7) is 0.738. The van der Waals surface area contributed by atoms with E-state index in [2.05, 4.69) is 4.72 Å². The van der Waals surface area contributed by atoms with E-state index in [1.165, 1.54) is 26.4 Å². The molecule has 0 atom stereocenters. The number of rotatable bonds is 7. The Hall–Kier alpha value is -1.31. The monoisotopic (exact) mass is 274 g/mol. The van der Waals surface area contributed by atoms with Gasteiger partial charge in [0.2, 0.25) is 10.0 Å². The van der Waals surface area contributed by atoms with Crippen molar-refractivity contribution in [2.75, 3.05) is 27.3 Å². The topological polar surface area (TPSA) is 90.6 Å². The molecule has 0 spiro atoms. The van der Waals surface area contributed by atoms with Crippen molar-refractivity contribution in [3.05, 3.63) is 18.2 Å². The minimum atomic E-state index is -3.56. The highest BCUT2D eigenvalue weighted by molar-refractivity contribution is 7.89. The average molecular weight is 274 g/mol. The zero-order chi connectivity index (χ0) is 13.6. The maximum Gasteiger partial charge on any atom is 0.240 e. The second kappa shape index (κ2) is 6.58. The van der Waals surface area contributed by atoms with Crippen molar-refractivity contribution >= 4 is 10.0 Å². The number of nitrogens with one attached hydrogen (secondary N) is 1. The van der Waals surface area contributed by atoms with Gasteiger partial charge in [0.15, 0.2) is 0 Å². The number of nitrogens with two attached hydrogens (primary N) is 1. The van der Waals surface area contributed by atoms with Crippen molar-refractivity contribution in [2.45, 2.75) is 11.3 Å². The first-order valence-electron chi connectivity index (χ1n) is 5.46. The number of methoxy groups -OCH3 is 2. The lowest BCUT2D eigenvalue weighted by Crippen LogP contribution is -2.26. The highest BCUT2D eigenvalue weighted by Gasteiger charge is 2.15. The van der Waals surface area contributed by atoms with Crippen molar-refractivity contribution in [3.8, 4) is 11.5 Å². The molecule has 7 heteroatoms. The van der Waals surface area contributed by atoms with Gasteiger partial charge in [-0.05, 0) is 13.0 Å². The van der Waals surface area contributed by atoms with E-state index in [-0.39, 0.29) is 4.90 Å². The van der Waals surface area contributed by atoms with Crippen LogP contribution < -0.4 is 19.9 Å². The summed E-state index contributed by atoms with van der Waals surface area (Å²) in [5, 5.41) is 0. The Bertz CT molecular complexity index is 466. The normalized spacial score (nSPS) is 11.3. The van der Waals surface area contributed by atoms with E-state index in [4.69, 9.17) is 15.2 Å². The van der Waals surface area contributed by atoms with Crippen LogP contribution in [-0.2, 0) is 10.0 Å². The van der Waals surface area contributed by atoms with Crippen molar-refractivity contribution < 1.29 is 17.9 Å². The first kappa shape index (κ1) is 14.7. The largest absolute Gasteiger partial charge is 0.497 e. The van der Waals surface area contributed by atoms with Gasteiger partial charge in [-0.3, -0.25) is 0 Å². The lowest BCUT2D eigenvalue weighted by molar-refractivity contribution is 0.392. The van der Waals surface area contributed by atoms with Gasteiger partial charge >= 0.3 is 0 Å². The van der Waals surface area contributed by atoms with E-state index in [0.29, 0.717) is 31.0 Å². The van der Waals surface area contributed by atoms with Crippen LogP contribution in [0.5, 0.6) is 11.5 Å². The standard InChI is InChI=1S/C11H18N2O4S/c1-16-9-6-10(17-2)8-11(7-9)18(14,15)13-5-3-4-12/h6-8,13H,3-5,12H2,1-2H3. The summed E-state index contributed by atoms with van der Waals surface area (Å²) >= 11 is 0. The molecular weight excluding hydrogens is 256 g/mol. The van der Waals surface area contributed by atoms with Gasteiger partial charge in [0, 0.05) is 24.7 Å². The Balaban J connectivity index is 2.99. The van der Waals surface area contributed by atoms with Gasteiger partial charge in [-0.25, -0.2) is 13.1 Å². The molecule has 0 saturated carbocycles. The van der Waals surface area contributed by atoms with Crippen molar-refractivity contribution in [1.29, 1.82) is 0 Å². The molecule has 0 radical (unpaired) electrons. The van der Waals surface area contributed by atoms with E-state index < -0.39 is 10.0 Å². The third-order valence-electron chi connectivity index (χ3n) is 2.31. The summed E-state index contributed by atoms with van der Waals surface area (Å²) in [6.07, 6.45) is 0.584. The van der Waals surface area contributed by atoms with Crippen LogP contribution in [0.4, 0.5) is 0 Å². The number of hydrogen-bond donors (Lipinski definition) is 2. The molecule has 0 amide bonds. The Morgan fingerprint density at radius 1 is 1.17 bits per heavy atom. The third-order valence-corrected chi connectivity index (χ3v) is 3.75. The molecule has 3 N–H and O–H groups in total. The molecule has 0 aliphatic carbocycles. The Morgan fingerprint density at radius 2 is 1.72 bits per heavy atom. The minimum Gasteiger partial charge on any atom is -0.497 e. The summed E-state index contributed by atoms with van der Waals surface area (Å²) in [5.74, 6) is 0.849. The van der Waals surface area contributed by atoms with Crippen LogP contribution in [0.15, 0.2) is 23.1 Å². The zero-order valence-electron chi connectivity index (χ0n) is 10.5. The highest BCUT2D eigenvalue weighted by atomic mass is 32.2. The Labute approximate surface area is 107 Å². The molecule has 1 rings (SSSR count). The summed E-state index contributed by atoms with van der Waals surface area (Å²) in [6, 6.07) is 4.49. The van der Waals surface area contributed by atoms with Gasteiger partial charge in [-0.1, -0.05) is 0 Å². The molecule has 0 aromatic heterocycles. The predicted octanol–water partition coefficient (Wildman–Crippen LogP) is 0.331. The zero-order valence-corrected chi connectivity index (χ0v) is 11.3. The Morgan fingerprint density at radius 3 is 2.17 bits per heavy atom. The quantitative estimate of drug-likeness (QED) is 0.699.